The summed E-state index contributed by atoms with van der Waals surface area (Å²) in [6.07, 6.45) is 0. The van der Waals surface area contributed by atoms with Gasteiger partial charge in [0.15, 0.2) is 0 Å². The Balaban J connectivity index is 1.70. The second kappa shape index (κ2) is 8.06. The van der Waals surface area contributed by atoms with Crippen LogP contribution in [0, 0.1) is 0 Å². The molecule has 0 atom stereocenters. The van der Waals surface area contributed by atoms with E-state index in [4.69, 9.17) is 16.0 Å². The minimum atomic E-state index is 0.0744. The molecule has 1 aromatic heterocycles. The van der Waals surface area contributed by atoms with Crippen molar-refractivity contribution < 1.29 is 9.52 Å². The first-order valence-electron chi connectivity index (χ1n) is 7.70. The molecule has 1 heterocycles. The second-order valence-corrected chi connectivity index (χ2v) is 5.86. The third-order valence-corrected chi connectivity index (χ3v) is 3.83. The standard InChI is InChI=1S/C18H18ClN3O2/c19-16-8-6-15(7-9-16)18-21-20-17(24-18)13-22(10-11-23)12-14-4-2-1-3-5-14/h1-9,23H,10-13H2. The number of nitrogens with zero attached hydrogens (tertiary/aromatic N) is 3. The summed E-state index contributed by atoms with van der Waals surface area (Å²) in [4.78, 5) is 2.06. The number of hydrogen-bond acceptors (Lipinski definition) is 5. The maximum Gasteiger partial charge on any atom is 0.247 e. The predicted molar refractivity (Wildman–Crippen MR) is 92.4 cm³/mol. The fourth-order valence-corrected chi connectivity index (χ4v) is 2.54. The van der Waals surface area contributed by atoms with Crippen LogP contribution in [-0.2, 0) is 13.1 Å². The molecule has 1 N–H and O–H groups in total. The molecule has 0 bridgehead atoms. The van der Waals surface area contributed by atoms with Gasteiger partial charge in [-0.1, -0.05) is 41.9 Å². The van der Waals surface area contributed by atoms with Crippen LogP contribution in [0.2, 0.25) is 5.02 Å². The normalized spacial score (nSPS) is 11.1. The Morgan fingerprint density at radius 2 is 1.71 bits per heavy atom. The Labute approximate surface area is 145 Å². The summed E-state index contributed by atoms with van der Waals surface area (Å²) in [5, 5.41) is 18.1. The van der Waals surface area contributed by atoms with Crippen LogP contribution in [0.15, 0.2) is 59.0 Å². The van der Waals surface area contributed by atoms with Crippen molar-refractivity contribution in [3.63, 3.8) is 0 Å². The summed E-state index contributed by atoms with van der Waals surface area (Å²) in [7, 11) is 0. The molecule has 0 radical (unpaired) electrons. The van der Waals surface area contributed by atoms with Gasteiger partial charge in [-0.2, -0.15) is 0 Å². The molecule has 0 saturated carbocycles. The zero-order valence-electron chi connectivity index (χ0n) is 13.1. The second-order valence-electron chi connectivity index (χ2n) is 5.43. The number of rotatable bonds is 7. The van der Waals surface area contributed by atoms with Crippen LogP contribution in [0.3, 0.4) is 0 Å². The molecule has 0 aliphatic carbocycles. The van der Waals surface area contributed by atoms with Gasteiger partial charge in [0, 0.05) is 23.7 Å². The van der Waals surface area contributed by atoms with Gasteiger partial charge in [0.05, 0.1) is 13.2 Å². The first kappa shape index (κ1) is 16.6. The van der Waals surface area contributed by atoms with E-state index in [1.165, 1.54) is 5.56 Å². The van der Waals surface area contributed by atoms with Crippen LogP contribution in [0.1, 0.15) is 11.5 Å². The van der Waals surface area contributed by atoms with Crippen LogP contribution in [0.25, 0.3) is 11.5 Å². The Kier molecular flexibility index (Phi) is 5.59. The van der Waals surface area contributed by atoms with E-state index in [0.717, 1.165) is 5.56 Å². The largest absolute Gasteiger partial charge is 0.419 e. The molecule has 3 aromatic rings. The SMILES string of the molecule is OCCN(Cc1ccccc1)Cc1nnc(-c2ccc(Cl)cc2)o1. The van der Waals surface area contributed by atoms with Crippen LogP contribution >= 0.6 is 11.6 Å². The number of halogens is 1. The molecule has 0 aliphatic heterocycles. The number of hydrogen-bond donors (Lipinski definition) is 1. The summed E-state index contributed by atoms with van der Waals surface area (Å²) in [5.41, 5.74) is 2.00. The van der Waals surface area contributed by atoms with Gasteiger partial charge < -0.3 is 9.52 Å². The van der Waals surface area contributed by atoms with Crippen molar-refractivity contribution in [3.05, 3.63) is 71.1 Å². The number of aromatic nitrogens is 2. The number of aliphatic hydroxyl groups excluding tert-OH is 1. The molecule has 0 aliphatic rings. The molecule has 0 amide bonds. The van der Waals surface area contributed by atoms with E-state index in [2.05, 4.69) is 27.2 Å². The van der Waals surface area contributed by atoms with Crippen LogP contribution < -0.4 is 0 Å². The third kappa shape index (κ3) is 4.41. The highest BCUT2D eigenvalue weighted by Crippen LogP contribution is 2.21. The average Bonchev–Trinajstić information content (AvgIpc) is 3.05. The highest BCUT2D eigenvalue weighted by Gasteiger charge is 2.13. The molecule has 24 heavy (non-hydrogen) atoms. The molecule has 2 aromatic carbocycles. The van der Waals surface area contributed by atoms with Crippen molar-refractivity contribution in [2.45, 2.75) is 13.1 Å². The van der Waals surface area contributed by atoms with E-state index in [1.807, 2.05) is 30.3 Å². The molecular weight excluding hydrogens is 326 g/mol. The van der Waals surface area contributed by atoms with Gasteiger partial charge in [0.1, 0.15) is 0 Å². The molecule has 0 unspecified atom stereocenters. The molecule has 0 spiro atoms. The first-order valence-corrected chi connectivity index (χ1v) is 8.08. The van der Waals surface area contributed by atoms with Crippen molar-refractivity contribution in [1.29, 1.82) is 0 Å². The quantitative estimate of drug-likeness (QED) is 0.712. The third-order valence-electron chi connectivity index (χ3n) is 3.58. The number of benzene rings is 2. The molecule has 3 rings (SSSR count). The van der Waals surface area contributed by atoms with Gasteiger partial charge >= 0.3 is 0 Å². The lowest BCUT2D eigenvalue weighted by atomic mass is 10.2. The molecule has 6 heteroatoms. The van der Waals surface area contributed by atoms with Gasteiger partial charge in [-0.25, -0.2) is 0 Å². The van der Waals surface area contributed by atoms with Gasteiger partial charge in [-0.3, -0.25) is 4.90 Å². The Hall–Kier alpha value is -2.21. The van der Waals surface area contributed by atoms with Crippen molar-refractivity contribution >= 4 is 11.6 Å². The number of aliphatic hydroxyl groups is 1. The van der Waals surface area contributed by atoms with E-state index in [0.29, 0.717) is 36.4 Å². The molecule has 0 saturated heterocycles. The van der Waals surface area contributed by atoms with Gasteiger partial charge in [-0.15, -0.1) is 10.2 Å². The Bertz CT molecular complexity index is 759. The van der Waals surface area contributed by atoms with Crippen LogP contribution in [-0.4, -0.2) is 33.4 Å². The fraction of sp³-hybridized carbons (Fsp3) is 0.222. The van der Waals surface area contributed by atoms with Crippen LogP contribution in [0.4, 0.5) is 0 Å². The topological polar surface area (TPSA) is 62.4 Å². The van der Waals surface area contributed by atoms with Gasteiger partial charge in [0.2, 0.25) is 11.8 Å². The average molecular weight is 344 g/mol. The highest BCUT2D eigenvalue weighted by atomic mass is 35.5. The first-order chi connectivity index (χ1) is 11.7. The zero-order chi connectivity index (χ0) is 16.8. The molecular formula is C18H18ClN3O2. The maximum absolute atomic E-state index is 9.28. The molecule has 0 fully saturated rings. The maximum atomic E-state index is 9.28. The Morgan fingerprint density at radius 1 is 0.958 bits per heavy atom. The van der Waals surface area contributed by atoms with E-state index in [1.54, 1.807) is 12.1 Å². The lowest BCUT2D eigenvalue weighted by Crippen LogP contribution is -2.26. The van der Waals surface area contributed by atoms with E-state index >= 15 is 0 Å². The summed E-state index contributed by atoms with van der Waals surface area (Å²) in [6.45, 7) is 1.80. The smallest absolute Gasteiger partial charge is 0.247 e. The monoisotopic (exact) mass is 343 g/mol. The summed E-state index contributed by atoms with van der Waals surface area (Å²) < 4.78 is 5.74. The summed E-state index contributed by atoms with van der Waals surface area (Å²) >= 11 is 5.89. The molecule has 5 nitrogen and oxygen atoms in total. The van der Waals surface area contributed by atoms with Crippen LogP contribution in [0.5, 0.6) is 0 Å². The summed E-state index contributed by atoms with van der Waals surface area (Å²) in [5.74, 6) is 0.981. The lowest BCUT2D eigenvalue weighted by molar-refractivity contribution is 0.173. The van der Waals surface area contributed by atoms with Crippen molar-refractivity contribution in [3.8, 4) is 11.5 Å². The molecule has 124 valence electrons. The highest BCUT2D eigenvalue weighted by molar-refractivity contribution is 6.30. The van der Waals surface area contributed by atoms with Gasteiger partial charge in [-0.05, 0) is 29.8 Å². The van der Waals surface area contributed by atoms with Crippen molar-refractivity contribution in [1.82, 2.24) is 15.1 Å². The summed E-state index contributed by atoms with van der Waals surface area (Å²) in [6, 6.07) is 17.3. The van der Waals surface area contributed by atoms with Crippen molar-refractivity contribution in [2.24, 2.45) is 0 Å². The van der Waals surface area contributed by atoms with Crippen molar-refractivity contribution in [2.75, 3.05) is 13.2 Å². The van der Waals surface area contributed by atoms with E-state index in [-0.39, 0.29) is 6.61 Å². The lowest BCUT2D eigenvalue weighted by Gasteiger charge is -2.19. The van der Waals surface area contributed by atoms with E-state index < -0.39 is 0 Å². The van der Waals surface area contributed by atoms with E-state index in [9.17, 15) is 5.11 Å². The zero-order valence-corrected chi connectivity index (χ0v) is 13.9. The van der Waals surface area contributed by atoms with Gasteiger partial charge in [0.25, 0.3) is 0 Å². The minimum Gasteiger partial charge on any atom is -0.419 e. The fourth-order valence-electron chi connectivity index (χ4n) is 2.41. The Morgan fingerprint density at radius 3 is 2.42 bits per heavy atom. The minimum absolute atomic E-state index is 0.0744. The predicted octanol–water partition coefficient (Wildman–Crippen LogP) is 3.38.